The van der Waals surface area contributed by atoms with Gasteiger partial charge in [0.2, 0.25) is 0 Å². The van der Waals surface area contributed by atoms with E-state index in [1.807, 2.05) is 0 Å². The van der Waals surface area contributed by atoms with E-state index in [0.29, 0.717) is 6.42 Å². The molecule has 4 nitrogen and oxygen atoms in total. The quantitative estimate of drug-likeness (QED) is 0.427. The summed E-state index contributed by atoms with van der Waals surface area (Å²) in [4.78, 5) is 0. The summed E-state index contributed by atoms with van der Waals surface area (Å²) in [6.45, 7) is -1.54. The number of ether oxygens (including phenoxy) is 1. The largest absolute Gasteiger partial charge is 0.472 e. The van der Waals surface area contributed by atoms with Gasteiger partial charge in [0, 0.05) is 6.04 Å². The van der Waals surface area contributed by atoms with Crippen LogP contribution in [0.3, 0.4) is 0 Å². The second-order valence-corrected chi connectivity index (χ2v) is 3.78. The molecule has 1 aromatic heterocycles. The summed E-state index contributed by atoms with van der Waals surface area (Å²) in [5.74, 6) is 1.06. The molecular formula is C10H14F4N2O2. The molecule has 0 radical (unpaired) electrons. The molecular weight excluding hydrogens is 256 g/mol. The Morgan fingerprint density at radius 3 is 2.67 bits per heavy atom. The van der Waals surface area contributed by atoms with Crippen LogP contribution in [0.4, 0.5) is 17.6 Å². The molecule has 0 aliphatic rings. The number of hydrazine groups is 1. The topological polar surface area (TPSA) is 60.4 Å². The first-order valence-corrected chi connectivity index (χ1v) is 5.16. The highest BCUT2D eigenvalue weighted by Crippen LogP contribution is 2.22. The van der Waals surface area contributed by atoms with Gasteiger partial charge in [-0.15, -0.1) is 0 Å². The normalized spacial score (nSPS) is 14.1. The molecule has 1 unspecified atom stereocenters. The molecule has 1 aromatic rings. The zero-order chi connectivity index (χ0) is 13.6. The van der Waals surface area contributed by atoms with Crippen molar-refractivity contribution in [3.8, 4) is 0 Å². The maximum atomic E-state index is 12.5. The first-order valence-electron chi connectivity index (χ1n) is 5.16. The van der Waals surface area contributed by atoms with Crippen LogP contribution in [0.25, 0.3) is 0 Å². The third-order valence-electron chi connectivity index (χ3n) is 2.23. The number of halogens is 4. The molecule has 0 fully saturated rings. The van der Waals surface area contributed by atoms with Gasteiger partial charge in [0.05, 0.1) is 19.1 Å². The van der Waals surface area contributed by atoms with Crippen LogP contribution in [0.1, 0.15) is 5.56 Å². The van der Waals surface area contributed by atoms with E-state index in [4.69, 9.17) is 10.3 Å². The number of nitrogens with two attached hydrogens (primary N) is 1. The Morgan fingerprint density at radius 2 is 2.17 bits per heavy atom. The van der Waals surface area contributed by atoms with E-state index in [9.17, 15) is 17.6 Å². The zero-order valence-corrected chi connectivity index (χ0v) is 9.41. The van der Waals surface area contributed by atoms with Crippen molar-refractivity contribution in [1.82, 2.24) is 5.43 Å². The van der Waals surface area contributed by atoms with Gasteiger partial charge in [0.25, 0.3) is 0 Å². The van der Waals surface area contributed by atoms with Gasteiger partial charge in [0.15, 0.2) is 0 Å². The maximum Gasteiger partial charge on any atom is 0.330 e. The molecule has 0 spiro atoms. The molecule has 18 heavy (non-hydrogen) atoms. The predicted octanol–water partition coefficient (Wildman–Crippen LogP) is 1.57. The van der Waals surface area contributed by atoms with E-state index < -0.39 is 25.0 Å². The van der Waals surface area contributed by atoms with Gasteiger partial charge in [-0.25, -0.2) is 8.78 Å². The second kappa shape index (κ2) is 6.72. The lowest BCUT2D eigenvalue weighted by Gasteiger charge is -2.19. The Labute approximate surface area is 101 Å². The molecule has 0 saturated carbocycles. The Bertz CT molecular complexity index is 333. The number of alkyl halides is 4. The third kappa shape index (κ3) is 4.63. The standard InChI is InChI=1S/C10H14F4N2O2/c11-9(12)10(13,14)6-18-5-8(16-15)3-7-1-2-17-4-7/h1-2,4,8-9,16H,3,5-6,15H2. The molecule has 8 heteroatoms. The Hall–Kier alpha value is -1.12. The second-order valence-electron chi connectivity index (χ2n) is 3.78. The molecule has 0 aliphatic heterocycles. The van der Waals surface area contributed by atoms with Crippen LogP contribution in [0, 0.1) is 0 Å². The summed E-state index contributed by atoms with van der Waals surface area (Å²) < 4.78 is 58.1. The lowest BCUT2D eigenvalue weighted by atomic mass is 10.1. The Kier molecular flexibility index (Phi) is 5.57. The molecule has 0 aromatic carbocycles. The highest BCUT2D eigenvalue weighted by Gasteiger charge is 2.41. The van der Waals surface area contributed by atoms with Crippen molar-refractivity contribution < 1.29 is 26.7 Å². The van der Waals surface area contributed by atoms with Gasteiger partial charge in [0.1, 0.15) is 6.61 Å². The first kappa shape index (κ1) is 14.9. The van der Waals surface area contributed by atoms with Crippen molar-refractivity contribution in [1.29, 1.82) is 0 Å². The fraction of sp³-hybridized carbons (Fsp3) is 0.600. The van der Waals surface area contributed by atoms with Gasteiger partial charge in [-0.05, 0) is 18.1 Å². The van der Waals surface area contributed by atoms with Crippen LogP contribution >= 0.6 is 0 Å². The van der Waals surface area contributed by atoms with E-state index in [1.165, 1.54) is 12.5 Å². The summed E-state index contributed by atoms with van der Waals surface area (Å²) in [6.07, 6.45) is -0.435. The minimum Gasteiger partial charge on any atom is -0.472 e. The smallest absolute Gasteiger partial charge is 0.330 e. The maximum absolute atomic E-state index is 12.5. The fourth-order valence-corrected chi connectivity index (χ4v) is 1.26. The fourth-order valence-electron chi connectivity index (χ4n) is 1.26. The van der Waals surface area contributed by atoms with Crippen LogP contribution < -0.4 is 11.3 Å². The van der Waals surface area contributed by atoms with E-state index in [1.54, 1.807) is 6.07 Å². The number of hydrogen-bond acceptors (Lipinski definition) is 4. The molecule has 1 atom stereocenters. The average molecular weight is 270 g/mol. The van der Waals surface area contributed by atoms with Crippen molar-refractivity contribution >= 4 is 0 Å². The first-order chi connectivity index (χ1) is 8.45. The molecule has 1 rings (SSSR count). The van der Waals surface area contributed by atoms with Crippen LogP contribution in [-0.4, -0.2) is 31.6 Å². The van der Waals surface area contributed by atoms with Crippen molar-refractivity contribution in [3.63, 3.8) is 0 Å². The van der Waals surface area contributed by atoms with E-state index in [-0.39, 0.29) is 6.61 Å². The summed E-state index contributed by atoms with van der Waals surface area (Å²) in [5, 5.41) is 0. The average Bonchev–Trinajstić information content (AvgIpc) is 2.80. The van der Waals surface area contributed by atoms with Crippen LogP contribution in [0.15, 0.2) is 23.0 Å². The SMILES string of the molecule is NNC(COCC(F)(F)C(F)F)Cc1ccoc1. The van der Waals surface area contributed by atoms with Gasteiger partial charge in [-0.3, -0.25) is 11.3 Å². The van der Waals surface area contributed by atoms with Gasteiger partial charge < -0.3 is 9.15 Å². The molecule has 3 N–H and O–H groups in total. The zero-order valence-electron chi connectivity index (χ0n) is 9.41. The lowest BCUT2D eigenvalue weighted by Crippen LogP contribution is -2.42. The monoisotopic (exact) mass is 270 g/mol. The van der Waals surface area contributed by atoms with Crippen LogP contribution in [-0.2, 0) is 11.2 Å². The van der Waals surface area contributed by atoms with Crippen molar-refractivity contribution in [2.75, 3.05) is 13.2 Å². The van der Waals surface area contributed by atoms with E-state index in [0.717, 1.165) is 5.56 Å². The molecule has 1 heterocycles. The van der Waals surface area contributed by atoms with Crippen molar-refractivity contribution in [2.45, 2.75) is 24.8 Å². The molecule has 0 aliphatic carbocycles. The van der Waals surface area contributed by atoms with Gasteiger partial charge in [-0.2, -0.15) is 8.78 Å². The lowest BCUT2D eigenvalue weighted by molar-refractivity contribution is -0.167. The van der Waals surface area contributed by atoms with Crippen molar-refractivity contribution in [2.24, 2.45) is 5.84 Å². The van der Waals surface area contributed by atoms with Gasteiger partial charge in [-0.1, -0.05) is 0 Å². The van der Waals surface area contributed by atoms with E-state index >= 15 is 0 Å². The predicted molar refractivity (Wildman–Crippen MR) is 55.3 cm³/mol. The highest BCUT2D eigenvalue weighted by atomic mass is 19.3. The number of furan rings is 1. The summed E-state index contributed by atoms with van der Waals surface area (Å²) in [5.41, 5.74) is 3.15. The summed E-state index contributed by atoms with van der Waals surface area (Å²) >= 11 is 0. The molecule has 0 saturated heterocycles. The van der Waals surface area contributed by atoms with Crippen LogP contribution in [0.2, 0.25) is 0 Å². The Balaban J connectivity index is 2.32. The number of rotatable bonds is 8. The third-order valence-corrected chi connectivity index (χ3v) is 2.23. The number of hydrogen-bond donors (Lipinski definition) is 2. The van der Waals surface area contributed by atoms with E-state index in [2.05, 4.69) is 10.2 Å². The minimum absolute atomic E-state index is 0.204. The summed E-state index contributed by atoms with van der Waals surface area (Å²) in [7, 11) is 0. The van der Waals surface area contributed by atoms with Crippen LogP contribution in [0.5, 0.6) is 0 Å². The van der Waals surface area contributed by atoms with Gasteiger partial charge >= 0.3 is 12.3 Å². The molecule has 0 bridgehead atoms. The highest BCUT2D eigenvalue weighted by molar-refractivity contribution is 5.07. The number of nitrogens with one attached hydrogen (secondary N) is 1. The molecule has 104 valence electrons. The van der Waals surface area contributed by atoms with Crippen molar-refractivity contribution in [3.05, 3.63) is 24.2 Å². The summed E-state index contributed by atoms with van der Waals surface area (Å²) in [6, 6.07) is 1.22. The minimum atomic E-state index is -4.14. The molecule has 0 amide bonds. The Morgan fingerprint density at radius 1 is 1.44 bits per heavy atom.